The Labute approximate surface area is 73.9 Å². The minimum absolute atomic E-state index is 0.429. The van der Waals surface area contributed by atoms with E-state index in [0.29, 0.717) is 0 Å². The third kappa shape index (κ3) is 1.09. The van der Waals surface area contributed by atoms with Crippen LogP contribution in [0.5, 0.6) is 0 Å². The van der Waals surface area contributed by atoms with Gasteiger partial charge in [-0.1, -0.05) is 30.3 Å². The Morgan fingerprint density at radius 1 is 1.25 bits per heavy atom. The van der Waals surface area contributed by atoms with Gasteiger partial charge in [-0.05, 0) is 18.4 Å². The van der Waals surface area contributed by atoms with Gasteiger partial charge in [-0.15, -0.1) is 0 Å². The van der Waals surface area contributed by atoms with Crippen LogP contribution in [0.3, 0.4) is 0 Å². The van der Waals surface area contributed by atoms with E-state index in [-0.39, 0.29) is 0 Å². The molecule has 1 aromatic rings. The van der Waals surface area contributed by atoms with Gasteiger partial charge in [-0.3, -0.25) is 0 Å². The molecule has 2 nitrogen and oxygen atoms in total. The molecular formula is C9H10O2S. The summed E-state index contributed by atoms with van der Waals surface area (Å²) in [5, 5.41) is 0. The predicted molar refractivity (Wildman–Crippen MR) is 48.1 cm³/mol. The maximum absolute atomic E-state index is 11.0. The fourth-order valence-corrected chi connectivity index (χ4v) is 2.21. The minimum atomic E-state index is -1.72. The molecule has 0 heterocycles. The average molecular weight is 182 g/mol. The van der Waals surface area contributed by atoms with Crippen molar-refractivity contribution in [2.45, 2.75) is 17.6 Å². The summed E-state index contributed by atoms with van der Waals surface area (Å²) < 4.78 is 19.6. The van der Waals surface area contributed by atoms with E-state index in [0.717, 1.165) is 18.4 Å². The molecule has 0 bridgehead atoms. The van der Waals surface area contributed by atoms with Crippen LogP contribution in [0.25, 0.3) is 0 Å². The topological polar surface area (TPSA) is 37.3 Å². The van der Waals surface area contributed by atoms with E-state index in [2.05, 4.69) is 0 Å². The lowest BCUT2D eigenvalue weighted by atomic mass is 10.1. The molecular weight excluding hydrogens is 172 g/mol. The summed E-state index contributed by atoms with van der Waals surface area (Å²) in [7, 11) is 0. The zero-order chi connectivity index (χ0) is 8.60. The molecule has 0 saturated heterocycles. The highest BCUT2D eigenvalue weighted by Crippen LogP contribution is 2.50. The van der Waals surface area contributed by atoms with Gasteiger partial charge >= 0.3 is 0 Å². The molecule has 1 fully saturated rings. The Balaban J connectivity index is 2.37. The van der Waals surface area contributed by atoms with Crippen molar-refractivity contribution in [3.8, 4) is 0 Å². The maximum Gasteiger partial charge on any atom is 0.163 e. The SMILES string of the molecule is O=S(O)C1(c2ccccc2)CC1. The molecule has 12 heavy (non-hydrogen) atoms. The van der Waals surface area contributed by atoms with Gasteiger partial charge in [0.1, 0.15) is 0 Å². The molecule has 3 heteroatoms. The summed E-state index contributed by atoms with van der Waals surface area (Å²) >= 11 is -1.72. The van der Waals surface area contributed by atoms with Gasteiger partial charge in [0.25, 0.3) is 0 Å². The van der Waals surface area contributed by atoms with E-state index in [4.69, 9.17) is 4.55 Å². The van der Waals surface area contributed by atoms with E-state index < -0.39 is 15.8 Å². The van der Waals surface area contributed by atoms with Gasteiger partial charge in [0.2, 0.25) is 0 Å². The van der Waals surface area contributed by atoms with Crippen molar-refractivity contribution in [3.05, 3.63) is 35.9 Å². The molecule has 0 aromatic heterocycles. The summed E-state index contributed by atoms with van der Waals surface area (Å²) in [4.78, 5) is 0. The Kier molecular flexibility index (Phi) is 1.77. The van der Waals surface area contributed by atoms with Crippen LogP contribution in [-0.4, -0.2) is 8.76 Å². The second-order valence-electron chi connectivity index (χ2n) is 3.11. The normalized spacial score (nSPS) is 21.8. The van der Waals surface area contributed by atoms with Crippen LogP contribution in [-0.2, 0) is 15.8 Å². The van der Waals surface area contributed by atoms with Crippen LogP contribution in [0.1, 0.15) is 18.4 Å². The molecule has 0 aliphatic heterocycles. The first-order valence-electron chi connectivity index (χ1n) is 3.92. The van der Waals surface area contributed by atoms with E-state index >= 15 is 0 Å². The standard InChI is InChI=1S/C9H10O2S/c10-12(11)9(6-7-9)8-4-2-1-3-5-8/h1-5H,6-7H2,(H,10,11). The molecule has 2 rings (SSSR count). The quantitative estimate of drug-likeness (QED) is 0.709. The first-order chi connectivity index (χ1) is 5.76. The van der Waals surface area contributed by atoms with Crippen LogP contribution in [0.15, 0.2) is 30.3 Å². The van der Waals surface area contributed by atoms with Crippen LogP contribution in [0.4, 0.5) is 0 Å². The van der Waals surface area contributed by atoms with Crippen LogP contribution in [0, 0.1) is 0 Å². The highest BCUT2D eigenvalue weighted by atomic mass is 32.2. The third-order valence-electron chi connectivity index (χ3n) is 2.34. The molecule has 1 aliphatic rings. The number of hydrogen-bond donors (Lipinski definition) is 1. The molecule has 1 aromatic carbocycles. The monoisotopic (exact) mass is 182 g/mol. The lowest BCUT2D eigenvalue weighted by Crippen LogP contribution is -2.12. The van der Waals surface area contributed by atoms with E-state index in [1.807, 2.05) is 30.3 Å². The molecule has 0 amide bonds. The van der Waals surface area contributed by atoms with Gasteiger partial charge in [-0.2, -0.15) is 0 Å². The fraction of sp³-hybridized carbons (Fsp3) is 0.333. The summed E-state index contributed by atoms with van der Waals surface area (Å²) in [5.41, 5.74) is 0.992. The van der Waals surface area contributed by atoms with Crippen LogP contribution >= 0.6 is 0 Å². The van der Waals surface area contributed by atoms with Crippen LogP contribution < -0.4 is 0 Å². The molecule has 1 aliphatic carbocycles. The lowest BCUT2D eigenvalue weighted by Gasteiger charge is -2.09. The highest BCUT2D eigenvalue weighted by Gasteiger charge is 2.50. The Morgan fingerprint density at radius 3 is 2.25 bits per heavy atom. The molecule has 0 spiro atoms. The van der Waals surface area contributed by atoms with Gasteiger partial charge in [0.05, 0.1) is 4.75 Å². The molecule has 1 atom stereocenters. The van der Waals surface area contributed by atoms with Crippen LogP contribution in [0.2, 0.25) is 0 Å². The smallest absolute Gasteiger partial charge is 0.163 e. The van der Waals surface area contributed by atoms with Crippen molar-refractivity contribution in [3.63, 3.8) is 0 Å². The Morgan fingerprint density at radius 2 is 1.83 bits per heavy atom. The van der Waals surface area contributed by atoms with Crippen molar-refractivity contribution in [2.75, 3.05) is 0 Å². The van der Waals surface area contributed by atoms with Crippen molar-refractivity contribution in [1.29, 1.82) is 0 Å². The zero-order valence-corrected chi connectivity index (χ0v) is 7.38. The third-order valence-corrected chi connectivity index (χ3v) is 3.65. The first kappa shape index (κ1) is 7.95. The van der Waals surface area contributed by atoms with E-state index in [1.165, 1.54) is 0 Å². The maximum atomic E-state index is 11.0. The molecule has 64 valence electrons. The van der Waals surface area contributed by atoms with Gasteiger partial charge in [0.15, 0.2) is 11.1 Å². The van der Waals surface area contributed by atoms with Gasteiger partial charge < -0.3 is 4.55 Å². The highest BCUT2D eigenvalue weighted by molar-refractivity contribution is 7.80. The predicted octanol–water partition coefficient (Wildman–Crippen LogP) is 1.90. The summed E-state index contributed by atoms with van der Waals surface area (Å²) in [6.45, 7) is 0. The second-order valence-corrected chi connectivity index (χ2v) is 4.39. The van der Waals surface area contributed by atoms with E-state index in [1.54, 1.807) is 0 Å². The summed E-state index contributed by atoms with van der Waals surface area (Å²) in [6.07, 6.45) is 1.67. The second kappa shape index (κ2) is 2.68. The van der Waals surface area contributed by atoms with Crippen molar-refractivity contribution >= 4 is 11.1 Å². The van der Waals surface area contributed by atoms with E-state index in [9.17, 15) is 4.21 Å². The van der Waals surface area contributed by atoms with Crippen molar-refractivity contribution in [1.82, 2.24) is 0 Å². The Hall–Kier alpha value is -0.670. The molecule has 1 unspecified atom stereocenters. The van der Waals surface area contributed by atoms with Gasteiger partial charge in [-0.25, -0.2) is 4.21 Å². The van der Waals surface area contributed by atoms with Crippen molar-refractivity contribution in [2.24, 2.45) is 0 Å². The molecule has 1 N–H and O–H groups in total. The Bertz CT molecular complexity index is 304. The minimum Gasteiger partial charge on any atom is -0.305 e. The van der Waals surface area contributed by atoms with Gasteiger partial charge in [0, 0.05) is 0 Å². The average Bonchev–Trinajstić information content (AvgIpc) is 2.86. The molecule has 0 radical (unpaired) electrons. The first-order valence-corrected chi connectivity index (χ1v) is 5.03. The number of hydrogen-bond acceptors (Lipinski definition) is 1. The largest absolute Gasteiger partial charge is 0.305 e. The molecule has 1 saturated carbocycles. The zero-order valence-electron chi connectivity index (χ0n) is 6.56. The van der Waals surface area contributed by atoms with Crippen molar-refractivity contribution < 1.29 is 8.76 Å². The summed E-state index contributed by atoms with van der Waals surface area (Å²) in [5.74, 6) is 0. The summed E-state index contributed by atoms with van der Waals surface area (Å²) in [6, 6.07) is 9.56. The fourth-order valence-electron chi connectivity index (χ4n) is 1.42. The lowest BCUT2D eigenvalue weighted by molar-refractivity contribution is 0.547. The number of benzene rings is 1. The number of rotatable bonds is 2.